The fraction of sp³-hybridized carbons (Fsp3) is 0.971. The van der Waals surface area contributed by atoms with E-state index in [-0.39, 0.29) is 60.4 Å². The fourth-order valence-corrected chi connectivity index (χ4v) is 24.4. The minimum Gasteiger partial charge on any atom is -0.463 e. The molecule has 454 valence electrons. The molecule has 12 fully saturated rings. The average Bonchev–Trinajstić information content (AvgIpc) is 3.64. The summed E-state index contributed by atoms with van der Waals surface area (Å²) in [6.07, 6.45) is 44.3. The highest BCUT2D eigenvalue weighted by Crippen LogP contribution is 2.65. The number of hydrogen-bond acceptors (Lipinski definition) is 10. The van der Waals surface area contributed by atoms with Gasteiger partial charge in [-0.2, -0.15) is 0 Å². The Kier molecular flexibility index (Phi) is 21.1. The Morgan fingerprint density at radius 2 is 0.550 bits per heavy atom. The molecule has 0 N–H and O–H groups in total. The van der Waals surface area contributed by atoms with Crippen molar-refractivity contribution in [3.63, 3.8) is 0 Å². The summed E-state index contributed by atoms with van der Waals surface area (Å²) >= 11 is 0. The number of hydrogen-bond donors (Lipinski definition) is 0. The van der Waals surface area contributed by atoms with Crippen LogP contribution in [0.15, 0.2) is 0 Å². The van der Waals surface area contributed by atoms with E-state index in [4.69, 9.17) is 36.6 Å². The molecule has 22 unspecified atom stereocenters. The number of carbonyl (C=O) groups excluding carboxylic acids is 2. The van der Waals surface area contributed by atoms with E-state index in [2.05, 4.69) is 0 Å². The van der Waals surface area contributed by atoms with Gasteiger partial charge in [-0.3, -0.25) is 9.59 Å². The molecule has 12 aliphatic carbocycles. The zero-order valence-corrected chi connectivity index (χ0v) is 52.5. The van der Waals surface area contributed by atoms with E-state index in [0.29, 0.717) is 71.0 Å². The quantitative estimate of drug-likeness (QED) is 0.103. The van der Waals surface area contributed by atoms with E-state index in [9.17, 15) is 0 Å². The lowest BCUT2D eigenvalue weighted by Crippen LogP contribution is -2.59. The monoisotopic (exact) mass is 1150 g/mol. The normalized spacial score (nSPS) is 44.9. The summed E-state index contributed by atoms with van der Waals surface area (Å²) < 4.78 is 60.1. The van der Waals surface area contributed by atoms with Crippen molar-refractivity contribution >= 4 is 29.1 Å². The minimum atomic E-state index is -1.85. The largest absolute Gasteiger partial charge is 0.463 e. The Morgan fingerprint density at radius 1 is 0.300 bits per heavy atom. The molecule has 0 bridgehead atoms. The minimum absolute atomic E-state index is 0.0737. The Labute approximate surface area is 488 Å². The van der Waals surface area contributed by atoms with Gasteiger partial charge in [0, 0.05) is 0 Å². The lowest BCUT2D eigenvalue weighted by molar-refractivity contribution is -0.187. The first-order valence-corrected chi connectivity index (χ1v) is 37.3. The lowest BCUT2D eigenvalue weighted by Gasteiger charge is -2.58. The van der Waals surface area contributed by atoms with E-state index < -0.39 is 41.2 Å². The van der Waals surface area contributed by atoms with Crippen molar-refractivity contribution in [2.24, 2.45) is 94.7 Å². The molecule has 10 nitrogen and oxygen atoms in total. The third-order valence-corrected chi connectivity index (χ3v) is 27.3. The first-order valence-electron chi connectivity index (χ1n) is 35.1. The van der Waals surface area contributed by atoms with Gasteiger partial charge >= 0.3 is 29.1 Å². The maximum atomic E-state index is 15.4. The van der Waals surface area contributed by atoms with Gasteiger partial charge in [-0.25, -0.2) is 0 Å². The molecule has 0 aromatic rings. The van der Waals surface area contributed by atoms with Crippen molar-refractivity contribution in [3.8, 4) is 0 Å². The van der Waals surface area contributed by atoms with Gasteiger partial charge in [-0.05, 0) is 213 Å². The van der Waals surface area contributed by atoms with Crippen molar-refractivity contribution in [1.29, 1.82) is 0 Å². The number of ether oxygens (including phenoxy) is 2. The summed E-state index contributed by atoms with van der Waals surface area (Å²) in [6, 6.07) is 0. The molecule has 0 amide bonds. The third-order valence-electron chi connectivity index (χ3n) is 24.7. The standard InChI is InChI=1S/C68H112O10P2/c1-43(2)71-67(69)57-41-49-25-9-15-35-55(49)63(65(57)77-79(73-59-37-17-27-45-21-5-11-31-51(45)59)74-60-38-18-28-46-22-6-12-32-52(46)60)64-56-36-16-10-26-50(56)42-58(68(70)72-44(3)4)66(64)78-80(75-61-39-19-29-47-23-7-13-33-53(47)61)76-62-40-20-30-48-24-8-14-34-54(48)62/h43-66H,5-42H2,1-4H3. The summed E-state index contributed by atoms with van der Waals surface area (Å²) in [5.74, 6) is 4.90. The van der Waals surface area contributed by atoms with E-state index in [1.165, 1.54) is 180 Å². The Balaban J connectivity index is 0.966. The number of rotatable bonds is 17. The highest BCUT2D eigenvalue weighted by Gasteiger charge is 2.61. The van der Waals surface area contributed by atoms with Crippen LogP contribution in [0, 0.1) is 94.7 Å². The summed E-state index contributed by atoms with van der Waals surface area (Å²) in [4.78, 5) is 30.9. The fourth-order valence-electron chi connectivity index (χ4n) is 21.2. The number of esters is 2. The van der Waals surface area contributed by atoms with E-state index in [0.717, 1.165) is 64.2 Å². The van der Waals surface area contributed by atoms with Gasteiger partial charge < -0.3 is 36.6 Å². The molecule has 80 heavy (non-hydrogen) atoms. The zero-order valence-electron chi connectivity index (χ0n) is 50.7. The SMILES string of the molecule is CC(C)OC(=O)C1CC2CCCCC2C(C2C3CCCCC3CC(C(=O)OC(C)C)C2OP(OC2CCCC3CCCCC32)OC2CCCC3CCCCC32)C1OP(OC1CCCC2CCCCC21)OC1CCCC2CCCCC21. The topological polar surface area (TPSA) is 108 Å². The summed E-state index contributed by atoms with van der Waals surface area (Å²) in [7, 11) is -3.70. The highest BCUT2D eigenvalue weighted by molar-refractivity contribution is 7.42. The molecule has 0 heterocycles. The van der Waals surface area contributed by atoms with Crippen LogP contribution in [0.2, 0.25) is 0 Å². The molecule has 0 aromatic heterocycles. The predicted molar refractivity (Wildman–Crippen MR) is 317 cm³/mol. The molecular formula is C68H112O10P2. The van der Waals surface area contributed by atoms with Crippen LogP contribution in [0.3, 0.4) is 0 Å². The molecule has 12 aliphatic rings. The Morgan fingerprint density at radius 3 is 0.838 bits per heavy atom. The van der Waals surface area contributed by atoms with Crippen molar-refractivity contribution in [3.05, 3.63) is 0 Å². The van der Waals surface area contributed by atoms with Crippen LogP contribution < -0.4 is 0 Å². The van der Waals surface area contributed by atoms with Gasteiger partial charge in [0.1, 0.15) is 0 Å². The van der Waals surface area contributed by atoms with Crippen molar-refractivity contribution < 1.29 is 46.2 Å². The molecule has 12 heteroatoms. The molecule has 12 rings (SSSR count). The molecule has 0 aliphatic heterocycles. The first-order chi connectivity index (χ1) is 39.1. The van der Waals surface area contributed by atoms with Gasteiger partial charge in [-0.1, -0.05) is 141 Å². The summed E-state index contributed by atoms with van der Waals surface area (Å²) in [5, 5.41) is 0. The van der Waals surface area contributed by atoms with Crippen LogP contribution in [-0.2, 0) is 46.2 Å². The van der Waals surface area contributed by atoms with Gasteiger partial charge in [0.05, 0.1) is 60.7 Å². The molecule has 0 aromatic carbocycles. The Hall–Kier alpha value is -0.440. The average molecular weight is 1150 g/mol. The van der Waals surface area contributed by atoms with E-state index in [1.807, 2.05) is 27.7 Å². The van der Waals surface area contributed by atoms with Crippen molar-refractivity contribution in [1.82, 2.24) is 0 Å². The molecule has 0 spiro atoms. The first kappa shape index (κ1) is 59.9. The van der Waals surface area contributed by atoms with Crippen LogP contribution in [0.25, 0.3) is 0 Å². The number of fused-ring (bicyclic) bond motifs is 6. The van der Waals surface area contributed by atoms with Crippen LogP contribution in [0.1, 0.15) is 272 Å². The molecule has 0 radical (unpaired) electrons. The van der Waals surface area contributed by atoms with Gasteiger partial charge in [-0.15, -0.1) is 0 Å². The molecule has 22 atom stereocenters. The smallest absolute Gasteiger partial charge is 0.333 e. The van der Waals surface area contributed by atoms with Crippen LogP contribution >= 0.6 is 17.2 Å². The second kappa shape index (κ2) is 28.2. The maximum Gasteiger partial charge on any atom is 0.333 e. The van der Waals surface area contributed by atoms with Crippen LogP contribution in [0.5, 0.6) is 0 Å². The molecule has 0 saturated heterocycles. The van der Waals surface area contributed by atoms with E-state index >= 15 is 9.59 Å². The van der Waals surface area contributed by atoms with Crippen LogP contribution in [-0.4, -0.2) is 60.8 Å². The second-order valence-corrected chi connectivity index (χ2v) is 32.1. The number of carbonyl (C=O) groups is 2. The van der Waals surface area contributed by atoms with Gasteiger partial charge in [0.25, 0.3) is 0 Å². The zero-order chi connectivity index (χ0) is 54.7. The molecule has 12 saturated carbocycles. The van der Waals surface area contributed by atoms with Gasteiger partial charge in [0.15, 0.2) is 0 Å². The van der Waals surface area contributed by atoms with Gasteiger partial charge in [0.2, 0.25) is 0 Å². The van der Waals surface area contributed by atoms with E-state index in [1.54, 1.807) is 0 Å². The maximum absolute atomic E-state index is 15.4. The summed E-state index contributed by atoms with van der Waals surface area (Å²) in [5.41, 5.74) is 0. The van der Waals surface area contributed by atoms with Crippen molar-refractivity contribution in [2.45, 2.75) is 321 Å². The second-order valence-electron chi connectivity index (χ2n) is 29.9. The van der Waals surface area contributed by atoms with Crippen molar-refractivity contribution in [2.75, 3.05) is 0 Å². The summed E-state index contributed by atoms with van der Waals surface area (Å²) in [6.45, 7) is 8.05. The molecular weight excluding hydrogens is 1040 g/mol. The highest BCUT2D eigenvalue weighted by atomic mass is 31.2. The third kappa shape index (κ3) is 13.8. The Bertz CT molecular complexity index is 1760. The van der Waals surface area contributed by atoms with Crippen LogP contribution in [0.4, 0.5) is 0 Å². The lowest BCUT2D eigenvalue weighted by atomic mass is 9.50. The predicted octanol–water partition coefficient (Wildman–Crippen LogP) is 18.5.